The molecule has 0 bridgehead atoms. The number of ether oxygens (including phenoxy) is 1. The quantitative estimate of drug-likeness (QED) is 0.348. The smallest absolute Gasteiger partial charge is 0.407 e. The van der Waals surface area contributed by atoms with E-state index < -0.39 is 5.60 Å². The second-order valence-electron chi connectivity index (χ2n) is 7.80. The Labute approximate surface area is 159 Å². The summed E-state index contributed by atoms with van der Waals surface area (Å²) in [5, 5.41) is 9.63. The second-order valence-corrected chi connectivity index (χ2v) is 7.80. The van der Waals surface area contributed by atoms with Crippen molar-refractivity contribution < 1.29 is 9.53 Å². The summed E-state index contributed by atoms with van der Waals surface area (Å²) in [4.78, 5) is 18.8. The van der Waals surface area contributed by atoms with Crippen molar-refractivity contribution in [2.75, 3.05) is 39.3 Å². The fourth-order valence-electron chi connectivity index (χ4n) is 2.91. The van der Waals surface area contributed by atoms with Crippen molar-refractivity contribution in [1.29, 1.82) is 0 Å². The highest BCUT2D eigenvalue weighted by atomic mass is 16.6. The van der Waals surface area contributed by atoms with Crippen LogP contribution in [0, 0.1) is 0 Å². The van der Waals surface area contributed by atoms with Gasteiger partial charge < -0.3 is 25.6 Å². The number of piperidine rings is 1. The van der Waals surface area contributed by atoms with Gasteiger partial charge in [-0.2, -0.15) is 0 Å². The van der Waals surface area contributed by atoms with Gasteiger partial charge in [0.05, 0.1) is 0 Å². The summed E-state index contributed by atoms with van der Waals surface area (Å²) in [6.45, 7) is 15.5. The van der Waals surface area contributed by atoms with Crippen molar-refractivity contribution in [3.8, 4) is 0 Å². The first kappa shape index (κ1) is 22.5. The van der Waals surface area contributed by atoms with Gasteiger partial charge in [0.2, 0.25) is 0 Å². The number of aliphatic imine (C=N–C) groups is 1. The average Bonchev–Trinajstić information content (AvgIpc) is 2.55. The topological polar surface area (TPSA) is 78.0 Å². The Kier molecular flexibility index (Phi) is 10.4. The number of nitrogens with one attached hydrogen (secondary N) is 3. The predicted octanol–water partition coefficient (Wildman–Crippen LogP) is 2.33. The molecule has 7 heteroatoms. The average molecular weight is 370 g/mol. The summed E-state index contributed by atoms with van der Waals surface area (Å²) in [5.74, 6) is 0.874. The number of hydrogen-bond acceptors (Lipinski definition) is 4. The minimum absolute atomic E-state index is 0.370. The maximum Gasteiger partial charge on any atom is 0.407 e. The number of amides is 1. The highest BCUT2D eigenvalue weighted by Gasteiger charge is 2.19. The largest absolute Gasteiger partial charge is 0.444 e. The van der Waals surface area contributed by atoms with Gasteiger partial charge in [0.1, 0.15) is 5.60 Å². The fourth-order valence-corrected chi connectivity index (χ4v) is 2.91. The lowest BCUT2D eigenvalue weighted by Crippen LogP contribution is -2.48. The van der Waals surface area contributed by atoms with Crippen LogP contribution in [-0.2, 0) is 4.74 Å². The van der Waals surface area contributed by atoms with E-state index in [2.05, 4.69) is 39.7 Å². The highest BCUT2D eigenvalue weighted by molar-refractivity contribution is 5.80. The summed E-state index contributed by atoms with van der Waals surface area (Å²) >= 11 is 0. The van der Waals surface area contributed by atoms with Crippen LogP contribution >= 0.6 is 0 Å². The Morgan fingerprint density at radius 2 is 1.88 bits per heavy atom. The summed E-state index contributed by atoms with van der Waals surface area (Å²) in [7, 11) is 0. The SMILES string of the molecule is CCCN1CCC(NC(=NCCCNC(=O)OC(C)(C)C)NCC)CC1. The van der Waals surface area contributed by atoms with Crippen LogP contribution in [0.25, 0.3) is 0 Å². The Morgan fingerprint density at radius 1 is 1.19 bits per heavy atom. The first-order valence-corrected chi connectivity index (χ1v) is 10.1. The number of likely N-dealkylation sites (tertiary alicyclic amines) is 1. The number of hydrogen-bond donors (Lipinski definition) is 3. The molecule has 0 aliphatic carbocycles. The lowest BCUT2D eigenvalue weighted by molar-refractivity contribution is 0.0527. The molecule has 1 aliphatic heterocycles. The van der Waals surface area contributed by atoms with Gasteiger partial charge in [-0.15, -0.1) is 0 Å². The Balaban J connectivity index is 2.28. The summed E-state index contributed by atoms with van der Waals surface area (Å²) in [6, 6.07) is 0.487. The van der Waals surface area contributed by atoms with Crippen LogP contribution < -0.4 is 16.0 Å². The molecule has 7 nitrogen and oxygen atoms in total. The van der Waals surface area contributed by atoms with Gasteiger partial charge in [-0.05, 0) is 59.9 Å². The third kappa shape index (κ3) is 10.5. The molecule has 0 spiro atoms. The lowest BCUT2D eigenvalue weighted by atomic mass is 10.1. The number of guanidine groups is 1. The standard InChI is InChI=1S/C19H39N5O2/c1-6-13-24-14-9-16(10-15-24)23-17(20-7-2)21-11-8-12-22-18(25)26-19(3,4)5/h16H,6-15H2,1-5H3,(H,22,25)(H2,20,21,23). The normalized spacial score (nSPS) is 17.0. The van der Waals surface area contributed by atoms with E-state index in [1.807, 2.05) is 20.8 Å². The van der Waals surface area contributed by atoms with Crippen LogP contribution in [0.3, 0.4) is 0 Å². The van der Waals surface area contributed by atoms with E-state index >= 15 is 0 Å². The van der Waals surface area contributed by atoms with E-state index in [4.69, 9.17) is 4.74 Å². The van der Waals surface area contributed by atoms with Gasteiger partial charge in [0.15, 0.2) is 5.96 Å². The molecule has 0 unspecified atom stereocenters. The molecule has 0 aromatic heterocycles. The van der Waals surface area contributed by atoms with Crippen LogP contribution in [0.4, 0.5) is 4.79 Å². The van der Waals surface area contributed by atoms with Gasteiger partial charge in [-0.25, -0.2) is 4.79 Å². The molecule has 1 heterocycles. The van der Waals surface area contributed by atoms with Crippen molar-refractivity contribution in [1.82, 2.24) is 20.9 Å². The second kappa shape index (κ2) is 12.0. The Hall–Kier alpha value is -1.50. The fraction of sp³-hybridized carbons (Fsp3) is 0.895. The highest BCUT2D eigenvalue weighted by Crippen LogP contribution is 2.10. The molecule has 0 aromatic carbocycles. The first-order valence-electron chi connectivity index (χ1n) is 10.1. The predicted molar refractivity (Wildman–Crippen MR) is 108 cm³/mol. The zero-order valence-electron chi connectivity index (χ0n) is 17.4. The third-order valence-electron chi connectivity index (χ3n) is 4.09. The van der Waals surface area contributed by atoms with E-state index in [0.29, 0.717) is 19.1 Å². The number of rotatable bonds is 8. The summed E-state index contributed by atoms with van der Waals surface area (Å²) < 4.78 is 5.22. The van der Waals surface area contributed by atoms with Gasteiger partial charge in [-0.3, -0.25) is 4.99 Å². The molecule has 1 aliphatic rings. The van der Waals surface area contributed by atoms with Crippen molar-refractivity contribution >= 4 is 12.1 Å². The molecule has 1 amide bonds. The monoisotopic (exact) mass is 369 g/mol. The minimum Gasteiger partial charge on any atom is -0.444 e. The van der Waals surface area contributed by atoms with Crippen LogP contribution in [0.5, 0.6) is 0 Å². The number of nitrogens with zero attached hydrogens (tertiary/aromatic N) is 2. The molecular weight excluding hydrogens is 330 g/mol. The van der Waals surface area contributed by atoms with Crippen molar-refractivity contribution in [3.63, 3.8) is 0 Å². The Bertz CT molecular complexity index is 426. The van der Waals surface area contributed by atoms with Crippen molar-refractivity contribution in [2.45, 2.75) is 71.9 Å². The minimum atomic E-state index is -0.461. The Morgan fingerprint density at radius 3 is 2.46 bits per heavy atom. The maximum absolute atomic E-state index is 11.6. The van der Waals surface area contributed by atoms with Crippen LogP contribution in [-0.4, -0.2) is 67.9 Å². The van der Waals surface area contributed by atoms with Gasteiger partial charge in [0.25, 0.3) is 0 Å². The lowest BCUT2D eigenvalue weighted by Gasteiger charge is -2.32. The summed E-state index contributed by atoms with van der Waals surface area (Å²) in [5.41, 5.74) is -0.461. The molecule has 1 fully saturated rings. The van der Waals surface area contributed by atoms with Crippen molar-refractivity contribution in [3.05, 3.63) is 0 Å². The molecule has 0 atom stereocenters. The molecule has 1 rings (SSSR count). The van der Waals surface area contributed by atoms with Crippen LogP contribution in [0.15, 0.2) is 4.99 Å². The molecule has 0 aromatic rings. The molecule has 0 radical (unpaired) electrons. The van der Waals surface area contributed by atoms with E-state index in [0.717, 1.165) is 44.9 Å². The molecular formula is C19H39N5O2. The van der Waals surface area contributed by atoms with Gasteiger partial charge in [-0.1, -0.05) is 6.92 Å². The van der Waals surface area contributed by atoms with Gasteiger partial charge >= 0.3 is 6.09 Å². The zero-order valence-corrected chi connectivity index (χ0v) is 17.4. The molecule has 26 heavy (non-hydrogen) atoms. The van der Waals surface area contributed by atoms with Crippen LogP contribution in [0.1, 0.15) is 60.3 Å². The molecule has 0 saturated carbocycles. The molecule has 1 saturated heterocycles. The zero-order chi connectivity index (χ0) is 19.4. The van der Waals surface area contributed by atoms with E-state index in [1.165, 1.54) is 13.0 Å². The van der Waals surface area contributed by atoms with Crippen molar-refractivity contribution in [2.24, 2.45) is 4.99 Å². The third-order valence-corrected chi connectivity index (χ3v) is 4.09. The van der Waals surface area contributed by atoms with Gasteiger partial charge in [0, 0.05) is 38.8 Å². The number of carbonyl (C=O) groups is 1. The number of alkyl carbamates (subject to hydrolysis) is 1. The number of carbonyl (C=O) groups excluding carboxylic acids is 1. The molecule has 3 N–H and O–H groups in total. The molecule has 152 valence electrons. The first-order chi connectivity index (χ1) is 12.3. The van der Waals surface area contributed by atoms with Crippen LogP contribution in [0.2, 0.25) is 0 Å². The summed E-state index contributed by atoms with van der Waals surface area (Å²) in [6.07, 6.45) is 3.95. The van der Waals surface area contributed by atoms with E-state index in [-0.39, 0.29) is 6.09 Å². The maximum atomic E-state index is 11.6. The van der Waals surface area contributed by atoms with E-state index in [9.17, 15) is 4.79 Å². The van der Waals surface area contributed by atoms with E-state index in [1.54, 1.807) is 0 Å².